The van der Waals surface area contributed by atoms with E-state index >= 15 is 0 Å². The van der Waals surface area contributed by atoms with Gasteiger partial charge in [0.2, 0.25) is 0 Å². The quantitative estimate of drug-likeness (QED) is 0.733. The third kappa shape index (κ3) is 1.46. The van der Waals surface area contributed by atoms with E-state index in [0.717, 1.165) is 12.8 Å². The molecule has 1 aliphatic rings. The number of nitrogens with zero attached hydrogens (tertiary/aromatic N) is 2. The molecule has 0 saturated carbocycles. The lowest BCUT2D eigenvalue weighted by Crippen LogP contribution is -2.30. The van der Waals surface area contributed by atoms with Crippen LogP contribution in [0.25, 0.3) is 0 Å². The van der Waals surface area contributed by atoms with E-state index < -0.39 is 0 Å². The minimum Gasteiger partial charge on any atom is -0.337 e. The standard InChI is InChI=1S/C11H19N3/c1-11(2)4-8(6-12)10-9(5-11)14(3)7-13-10/h7-8H,4-6,12H2,1-3H3. The Kier molecular flexibility index (Phi) is 2.14. The molecule has 0 aliphatic heterocycles. The first-order chi connectivity index (χ1) is 6.53. The van der Waals surface area contributed by atoms with Gasteiger partial charge in [0.15, 0.2) is 0 Å². The number of aromatic nitrogens is 2. The predicted molar refractivity (Wildman–Crippen MR) is 57.1 cm³/mol. The average Bonchev–Trinajstić information content (AvgIpc) is 2.45. The first kappa shape index (κ1) is 9.71. The Hall–Kier alpha value is -0.830. The van der Waals surface area contributed by atoms with Gasteiger partial charge in [-0.05, 0) is 18.3 Å². The molecule has 0 spiro atoms. The van der Waals surface area contributed by atoms with Gasteiger partial charge >= 0.3 is 0 Å². The molecule has 1 unspecified atom stereocenters. The van der Waals surface area contributed by atoms with E-state index in [1.165, 1.54) is 11.4 Å². The highest BCUT2D eigenvalue weighted by atomic mass is 15.0. The number of rotatable bonds is 1. The fourth-order valence-electron chi connectivity index (χ4n) is 2.51. The molecule has 0 radical (unpaired) electrons. The summed E-state index contributed by atoms with van der Waals surface area (Å²) in [5.74, 6) is 0.454. The third-order valence-electron chi connectivity index (χ3n) is 3.21. The molecule has 1 atom stereocenters. The van der Waals surface area contributed by atoms with E-state index in [1.54, 1.807) is 0 Å². The molecule has 1 aromatic rings. The maximum atomic E-state index is 5.80. The summed E-state index contributed by atoms with van der Waals surface area (Å²) in [4.78, 5) is 4.46. The molecule has 3 nitrogen and oxygen atoms in total. The second-order valence-corrected chi connectivity index (χ2v) is 5.17. The Balaban J connectivity index is 2.43. The van der Waals surface area contributed by atoms with Crippen molar-refractivity contribution >= 4 is 0 Å². The summed E-state index contributed by atoms with van der Waals surface area (Å²) in [6.45, 7) is 5.34. The van der Waals surface area contributed by atoms with Gasteiger partial charge in [0, 0.05) is 25.2 Å². The van der Waals surface area contributed by atoms with Crippen molar-refractivity contribution < 1.29 is 0 Å². The second-order valence-electron chi connectivity index (χ2n) is 5.17. The molecule has 0 amide bonds. The van der Waals surface area contributed by atoms with Crippen LogP contribution in [0.1, 0.15) is 37.6 Å². The van der Waals surface area contributed by atoms with Gasteiger partial charge in [-0.2, -0.15) is 0 Å². The van der Waals surface area contributed by atoms with Crippen LogP contribution < -0.4 is 5.73 Å². The lowest BCUT2D eigenvalue weighted by atomic mass is 9.73. The summed E-state index contributed by atoms with van der Waals surface area (Å²) in [5.41, 5.74) is 8.77. The van der Waals surface area contributed by atoms with Crippen LogP contribution in [0.2, 0.25) is 0 Å². The number of imidazole rings is 1. The molecule has 1 heterocycles. The molecule has 78 valence electrons. The molecule has 3 heteroatoms. The SMILES string of the molecule is Cn1cnc2c1CC(C)(C)CC2CN. The average molecular weight is 193 g/mol. The second kappa shape index (κ2) is 3.09. The lowest BCUT2D eigenvalue weighted by molar-refractivity contribution is 0.274. The van der Waals surface area contributed by atoms with E-state index in [2.05, 4.69) is 30.4 Å². The fourth-order valence-corrected chi connectivity index (χ4v) is 2.51. The lowest BCUT2D eigenvalue weighted by Gasteiger charge is -2.34. The Morgan fingerprint density at radius 3 is 3.00 bits per heavy atom. The van der Waals surface area contributed by atoms with Crippen LogP contribution in [0.3, 0.4) is 0 Å². The molecule has 0 bridgehead atoms. The highest BCUT2D eigenvalue weighted by molar-refractivity contribution is 5.23. The normalized spacial score (nSPS) is 24.7. The topological polar surface area (TPSA) is 43.8 Å². The number of hydrogen-bond acceptors (Lipinski definition) is 2. The summed E-state index contributed by atoms with van der Waals surface area (Å²) < 4.78 is 2.14. The predicted octanol–water partition coefficient (Wildman–Crippen LogP) is 1.43. The smallest absolute Gasteiger partial charge is 0.0949 e. The summed E-state index contributed by atoms with van der Waals surface area (Å²) in [5, 5.41) is 0. The zero-order chi connectivity index (χ0) is 10.3. The van der Waals surface area contributed by atoms with Gasteiger partial charge in [-0.25, -0.2) is 4.98 Å². The maximum Gasteiger partial charge on any atom is 0.0949 e. The molecule has 0 saturated heterocycles. The Labute approximate surface area is 85.3 Å². The van der Waals surface area contributed by atoms with E-state index in [-0.39, 0.29) is 0 Å². The van der Waals surface area contributed by atoms with Crippen LogP contribution in [-0.2, 0) is 13.5 Å². The number of aryl methyl sites for hydroxylation is 1. The monoisotopic (exact) mass is 193 g/mol. The first-order valence-electron chi connectivity index (χ1n) is 5.23. The van der Waals surface area contributed by atoms with Gasteiger partial charge in [0.1, 0.15) is 0 Å². The van der Waals surface area contributed by atoms with Crippen molar-refractivity contribution in [3.05, 3.63) is 17.7 Å². The first-order valence-corrected chi connectivity index (χ1v) is 5.23. The minimum absolute atomic E-state index is 0.366. The van der Waals surface area contributed by atoms with Gasteiger partial charge in [-0.1, -0.05) is 13.8 Å². The maximum absolute atomic E-state index is 5.80. The van der Waals surface area contributed by atoms with Crippen LogP contribution in [0.15, 0.2) is 6.33 Å². The largest absolute Gasteiger partial charge is 0.337 e. The van der Waals surface area contributed by atoms with E-state index in [9.17, 15) is 0 Å². The Morgan fingerprint density at radius 1 is 1.64 bits per heavy atom. The van der Waals surface area contributed by atoms with Crippen LogP contribution in [-0.4, -0.2) is 16.1 Å². The van der Waals surface area contributed by atoms with E-state index in [4.69, 9.17) is 5.73 Å². The van der Waals surface area contributed by atoms with Crippen LogP contribution in [0, 0.1) is 5.41 Å². The van der Waals surface area contributed by atoms with Crippen molar-refractivity contribution in [3.63, 3.8) is 0 Å². The fraction of sp³-hybridized carbons (Fsp3) is 0.727. The molecule has 0 aromatic carbocycles. The van der Waals surface area contributed by atoms with Crippen LogP contribution in [0.4, 0.5) is 0 Å². The zero-order valence-corrected chi connectivity index (χ0v) is 9.25. The minimum atomic E-state index is 0.366. The summed E-state index contributed by atoms with van der Waals surface area (Å²) in [6.07, 6.45) is 4.19. The molecule has 1 aromatic heterocycles. The summed E-state index contributed by atoms with van der Waals surface area (Å²) in [7, 11) is 2.07. The molecule has 2 rings (SSSR count). The van der Waals surface area contributed by atoms with Gasteiger partial charge < -0.3 is 10.3 Å². The Bertz CT molecular complexity index is 338. The molecule has 0 fully saturated rings. The zero-order valence-electron chi connectivity index (χ0n) is 9.25. The number of hydrogen-bond donors (Lipinski definition) is 1. The van der Waals surface area contributed by atoms with Crippen molar-refractivity contribution in [2.24, 2.45) is 18.2 Å². The summed E-state index contributed by atoms with van der Waals surface area (Å²) in [6, 6.07) is 0. The van der Waals surface area contributed by atoms with Gasteiger partial charge in [-0.3, -0.25) is 0 Å². The third-order valence-corrected chi connectivity index (χ3v) is 3.21. The van der Waals surface area contributed by atoms with Crippen LogP contribution in [0.5, 0.6) is 0 Å². The van der Waals surface area contributed by atoms with Crippen LogP contribution >= 0.6 is 0 Å². The highest BCUT2D eigenvalue weighted by Crippen LogP contribution is 2.40. The molecule has 14 heavy (non-hydrogen) atoms. The van der Waals surface area contributed by atoms with Crippen molar-refractivity contribution in [2.45, 2.75) is 32.6 Å². The summed E-state index contributed by atoms with van der Waals surface area (Å²) >= 11 is 0. The number of fused-ring (bicyclic) bond motifs is 1. The Morgan fingerprint density at radius 2 is 2.36 bits per heavy atom. The highest BCUT2D eigenvalue weighted by Gasteiger charge is 2.33. The molecular formula is C11H19N3. The van der Waals surface area contributed by atoms with E-state index in [1.807, 2.05) is 6.33 Å². The molecular weight excluding hydrogens is 174 g/mol. The van der Waals surface area contributed by atoms with Gasteiger partial charge in [0.25, 0.3) is 0 Å². The molecule has 1 aliphatic carbocycles. The number of nitrogens with two attached hydrogens (primary N) is 1. The van der Waals surface area contributed by atoms with E-state index in [0.29, 0.717) is 17.9 Å². The molecule has 2 N–H and O–H groups in total. The van der Waals surface area contributed by atoms with Crippen molar-refractivity contribution in [3.8, 4) is 0 Å². The van der Waals surface area contributed by atoms with Gasteiger partial charge in [-0.15, -0.1) is 0 Å². The van der Waals surface area contributed by atoms with Crippen molar-refractivity contribution in [1.82, 2.24) is 9.55 Å². The van der Waals surface area contributed by atoms with Crippen molar-refractivity contribution in [1.29, 1.82) is 0 Å². The van der Waals surface area contributed by atoms with Crippen molar-refractivity contribution in [2.75, 3.05) is 6.54 Å². The van der Waals surface area contributed by atoms with Gasteiger partial charge in [0.05, 0.1) is 12.0 Å².